The van der Waals surface area contributed by atoms with E-state index in [0.717, 1.165) is 0 Å². The number of aliphatic hydroxyl groups excluding tert-OH is 2. The summed E-state index contributed by atoms with van der Waals surface area (Å²) in [5.74, 6) is -1.47. The lowest BCUT2D eigenvalue weighted by Crippen LogP contribution is -2.41. The molecule has 6 atom stereocenters. The first kappa shape index (κ1) is 20.1. The molecule has 0 aromatic carbocycles. The van der Waals surface area contributed by atoms with Crippen LogP contribution in [0.2, 0.25) is 0 Å². The van der Waals surface area contributed by atoms with Crippen LogP contribution in [0.15, 0.2) is 0 Å². The maximum absolute atomic E-state index is 12.0. The Bertz CT molecular complexity index is 402. The van der Waals surface area contributed by atoms with Gasteiger partial charge in [-0.1, -0.05) is 13.8 Å². The van der Waals surface area contributed by atoms with Gasteiger partial charge in [0.15, 0.2) is 5.85 Å². The number of methoxy groups -OCH3 is 1. The molecule has 1 fully saturated rings. The van der Waals surface area contributed by atoms with E-state index in [0.29, 0.717) is 12.8 Å². The van der Waals surface area contributed by atoms with Crippen molar-refractivity contribution >= 4 is 15.4 Å². The molecule has 0 aromatic heterocycles. The van der Waals surface area contributed by atoms with Gasteiger partial charge in [-0.25, -0.2) is 0 Å². The first-order chi connectivity index (χ1) is 10.1. The van der Waals surface area contributed by atoms with Crippen molar-refractivity contribution in [1.82, 2.24) is 0 Å². The predicted molar refractivity (Wildman–Crippen MR) is 84.5 cm³/mol. The highest BCUT2D eigenvalue weighted by molar-refractivity contribution is 7.53. The topological polar surface area (TPSA) is 105 Å². The monoisotopic (exact) mass is 338 g/mol. The molecule has 0 radical (unpaired) electrons. The molecule has 3 N–H and O–H groups in total. The Hall–Kier alpha value is 0.0549. The van der Waals surface area contributed by atoms with Crippen molar-refractivity contribution in [2.45, 2.75) is 75.8 Å². The molecule has 7 nitrogen and oxygen atoms in total. The lowest BCUT2D eigenvalue weighted by Gasteiger charge is -2.36. The zero-order valence-electron chi connectivity index (χ0n) is 13.9. The molecule has 130 valence electrons. The maximum Gasteiger partial charge on any atom is 0.356 e. The lowest BCUT2D eigenvalue weighted by atomic mass is 9.87. The van der Waals surface area contributed by atoms with Gasteiger partial charge in [0, 0.05) is 13.5 Å². The number of hydrogen-bond acceptors (Lipinski definition) is 6. The van der Waals surface area contributed by atoms with Crippen molar-refractivity contribution in [3.8, 4) is 0 Å². The summed E-state index contributed by atoms with van der Waals surface area (Å²) < 4.78 is 28.4. The highest BCUT2D eigenvalue weighted by Crippen LogP contribution is 2.52. The molecule has 1 rings (SSSR count). The molecule has 1 heterocycles. The fraction of sp³-hybridized carbons (Fsp3) is 1.00. The van der Waals surface area contributed by atoms with Gasteiger partial charge in [0.1, 0.15) is 20.1 Å². The van der Waals surface area contributed by atoms with E-state index >= 15 is 0 Å². The van der Waals surface area contributed by atoms with E-state index in [1.54, 1.807) is 0 Å². The summed E-state index contributed by atoms with van der Waals surface area (Å²) in [6.07, 6.45) is -0.643. The van der Waals surface area contributed by atoms with Crippen LogP contribution in [0, 0.1) is 0 Å². The van der Waals surface area contributed by atoms with Crippen molar-refractivity contribution < 1.29 is 33.7 Å². The summed E-state index contributed by atoms with van der Waals surface area (Å²) in [4.78, 5) is 9.83. The Morgan fingerprint density at radius 1 is 1.41 bits per heavy atom. The van der Waals surface area contributed by atoms with Crippen LogP contribution in [0.3, 0.4) is 0 Å². The normalized spacial score (nSPS) is 33.6. The standard InChI is InChI=1S/C13H28BO7P/c1-5-13(6-2,21-22(17,18)8(3)15)7-9-10(16)11(19-4)12(14)20-9/h8-12,15-16H,5-7,14H2,1-4H3,(H,17,18)/t8?,9-,10-,11-,12-/m1/s1. The highest BCUT2D eigenvalue weighted by Gasteiger charge is 2.47. The minimum atomic E-state index is -4.15. The van der Waals surface area contributed by atoms with Gasteiger partial charge in [0.25, 0.3) is 0 Å². The van der Waals surface area contributed by atoms with Crippen molar-refractivity contribution in [1.29, 1.82) is 0 Å². The molecule has 1 aliphatic rings. The van der Waals surface area contributed by atoms with Crippen LogP contribution < -0.4 is 0 Å². The van der Waals surface area contributed by atoms with Gasteiger partial charge in [0.2, 0.25) is 0 Å². The molecule has 9 heteroatoms. The molecule has 0 bridgehead atoms. The first-order valence-corrected chi connectivity index (χ1v) is 9.34. The van der Waals surface area contributed by atoms with Crippen LogP contribution in [-0.2, 0) is 18.6 Å². The fourth-order valence-corrected chi connectivity index (χ4v) is 3.89. The van der Waals surface area contributed by atoms with E-state index in [9.17, 15) is 19.7 Å². The second-order valence-electron chi connectivity index (χ2n) is 5.95. The van der Waals surface area contributed by atoms with E-state index in [1.165, 1.54) is 14.0 Å². The molecular formula is C13H28BO7P. The fourth-order valence-electron chi connectivity index (χ4n) is 2.85. The highest BCUT2D eigenvalue weighted by atomic mass is 31.2. The van der Waals surface area contributed by atoms with Crippen LogP contribution in [-0.4, -0.2) is 65.8 Å². The van der Waals surface area contributed by atoms with Crippen molar-refractivity contribution in [2.75, 3.05) is 7.11 Å². The Balaban J connectivity index is 2.91. The van der Waals surface area contributed by atoms with E-state index in [1.807, 2.05) is 21.7 Å². The molecule has 0 aliphatic carbocycles. The summed E-state index contributed by atoms with van der Waals surface area (Å²) in [5, 5.41) is 19.7. The zero-order valence-corrected chi connectivity index (χ0v) is 14.8. The second-order valence-corrected chi connectivity index (χ2v) is 8.01. The minimum absolute atomic E-state index is 0.253. The van der Waals surface area contributed by atoms with Crippen LogP contribution >= 0.6 is 7.60 Å². The first-order valence-electron chi connectivity index (χ1n) is 7.70. The van der Waals surface area contributed by atoms with Crippen LogP contribution in [0.5, 0.6) is 0 Å². The second kappa shape index (κ2) is 7.75. The summed E-state index contributed by atoms with van der Waals surface area (Å²) in [6.45, 7) is 4.90. The number of hydrogen-bond donors (Lipinski definition) is 3. The molecule has 1 saturated heterocycles. The zero-order chi connectivity index (χ0) is 17.1. The molecule has 0 spiro atoms. The van der Waals surface area contributed by atoms with Gasteiger partial charge in [-0.05, 0) is 19.8 Å². The Morgan fingerprint density at radius 3 is 2.32 bits per heavy atom. The van der Waals surface area contributed by atoms with Gasteiger partial charge in [-0.15, -0.1) is 0 Å². The predicted octanol–water partition coefficient (Wildman–Crippen LogP) is 0.209. The third-order valence-corrected chi connectivity index (χ3v) is 6.09. The van der Waals surface area contributed by atoms with Gasteiger partial charge in [-0.3, -0.25) is 4.57 Å². The molecule has 22 heavy (non-hydrogen) atoms. The smallest absolute Gasteiger partial charge is 0.356 e. The largest absolute Gasteiger partial charge is 0.388 e. The van der Waals surface area contributed by atoms with E-state index < -0.39 is 37.4 Å². The van der Waals surface area contributed by atoms with Crippen LogP contribution in [0.25, 0.3) is 0 Å². The van der Waals surface area contributed by atoms with E-state index in [-0.39, 0.29) is 12.4 Å². The Morgan fingerprint density at radius 2 is 1.95 bits per heavy atom. The average molecular weight is 338 g/mol. The van der Waals surface area contributed by atoms with Crippen molar-refractivity contribution in [3.05, 3.63) is 0 Å². The summed E-state index contributed by atoms with van der Waals surface area (Å²) in [5.41, 5.74) is -0.949. The Kier molecular flexibility index (Phi) is 7.08. The van der Waals surface area contributed by atoms with Gasteiger partial charge in [-0.2, -0.15) is 0 Å². The molecule has 2 unspecified atom stereocenters. The summed E-state index contributed by atoms with van der Waals surface area (Å²) in [7, 11) is -0.827. The quantitative estimate of drug-likeness (QED) is 0.429. The maximum atomic E-state index is 12.0. The molecule has 0 saturated carbocycles. The van der Waals surface area contributed by atoms with Crippen molar-refractivity contribution in [3.63, 3.8) is 0 Å². The van der Waals surface area contributed by atoms with Gasteiger partial charge in [0.05, 0.1) is 17.7 Å². The summed E-state index contributed by atoms with van der Waals surface area (Å²) in [6, 6.07) is -0.269. The van der Waals surface area contributed by atoms with Gasteiger partial charge >= 0.3 is 7.60 Å². The van der Waals surface area contributed by atoms with E-state index in [4.69, 9.17) is 14.0 Å². The SMILES string of the molecule is B[C@@H]1O[C@H](CC(CC)(CC)OP(=O)(O)C(C)O)[C@@H](O)[C@H]1OC. The summed E-state index contributed by atoms with van der Waals surface area (Å²) >= 11 is 0. The van der Waals surface area contributed by atoms with E-state index in [2.05, 4.69) is 0 Å². The van der Waals surface area contributed by atoms with Crippen molar-refractivity contribution in [2.24, 2.45) is 0 Å². The third-order valence-electron chi connectivity index (χ3n) is 4.50. The molecular weight excluding hydrogens is 310 g/mol. The number of rotatable bonds is 8. The van der Waals surface area contributed by atoms with Gasteiger partial charge < -0.3 is 29.1 Å². The average Bonchev–Trinajstić information content (AvgIpc) is 2.71. The number of aliphatic hydroxyl groups is 2. The third kappa shape index (κ3) is 4.32. The number of ether oxygens (including phenoxy) is 2. The van der Waals surface area contributed by atoms with Crippen LogP contribution in [0.4, 0.5) is 0 Å². The minimum Gasteiger partial charge on any atom is -0.388 e. The molecule has 0 aromatic rings. The lowest BCUT2D eigenvalue weighted by molar-refractivity contribution is -0.0503. The Labute approximate surface area is 132 Å². The molecule has 1 aliphatic heterocycles. The van der Waals surface area contributed by atoms with Crippen LogP contribution in [0.1, 0.15) is 40.0 Å². The molecule has 0 amide bonds.